The van der Waals surface area contributed by atoms with Crippen LogP contribution < -0.4 is 10.5 Å². The second-order valence-corrected chi connectivity index (χ2v) is 6.38. The first-order chi connectivity index (χ1) is 7.48. The molecule has 0 saturated heterocycles. The summed E-state index contributed by atoms with van der Waals surface area (Å²) in [6.07, 6.45) is 0.461. The summed E-state index contributed by atoms with van der Waals surface area (Å²) in [5, 5.41) is -0.453. The predicted molar refractivity (Wildman–Crippen MR) is 61.2 cm³/mol. The van der Waals surface area contributed by atoms with Gasteiger partial charge >= 0.3 is 0 Å². The third-order valence-corrected chi connectivity index (χ3v) is 5.29. The Morgan fingerprint density at radius 3 is 2.75 bits per heavy atom. The zero-order chi connectivity index (χ0) is 11.9. The Morgan fingerprint density at radius 2 is 2.12 bits per heavy atom. The minimum atomic E-state index is -3.30. The topological polar surface area (TPSA) is 69.4 Å². The molecule has 0 radical (unpaired) electrons. The predicted octanol–water partition coefficient (Wildman–Crippen LogP) is 1.26. The van der Waals surface area contributed by atoms with Gasteiger partial charge in [0.1, 0.15) is 10.6 Å². The lowest BCUT2D eigenvalue weighted by molar-refractivity contribution is 0.397. The molecule has 2 unspecified atom stereocenters. The highest BCUT2D eigenvalue weighted by Gasteiger charge is 2.37. The number of hydrogen-bond acceptors (Lipinski definition) is 4. The van der Waals surface area contributed by atoms with E-state index < -0.39 is 15.1 Å². The third kappa shape index (κ3) is 1.51. The van der Waals surface area contributed by atoms with Crippen LogP contribution in [0.2, 0.25) is 0 Å². The Kier molecular flexibility index (Phi) is 2.67. The van der Waals surface area contributed by atoms with Crippen LogP contribution in [-0.4, -0.2) is 20.8 Å². The molecular formula is C11H15NO3S. The van der Waals surface area contributed by atoms with E-state index in [1.54, 1.807) is 25.1 Å². The van der Waals surface area contributed by atoms with E-state index >= 15 is 0 Å². The van der Waals surface area contributed by atoms with Crippen LogP contribution in [-0.2, 0) is 9.84 Å². The van der Waals surface area contributed by atoms with E-state index in [-0.39, 0.29) is 10.9 Å². The first-order valence-electron chi connectivity index (χ1n) is 5.15. The minimum Gasteiger partial charge on any atom is -0.495 e. The van der Waals surface area contributed by atoms with Gasteiger partial charge in [0.25, 0.3) is 0 Å². The van der Waals surface area contributed by atoms with Crippen LogP contribution in [0, 0.1) is 0 Å². The first-order valence-corrected chi connectivity index (χ1v) is 6.69. The highest BCUT2D eigenvalue weighted by molar-refractivity contribution is 7.92. The molecule has 1 aromatic rings. The number of fused-ring (bicyclic) bond motifs is 1. The SMILES string of the molecule is COc1cccc2c1S(=O)(=O)C(C)CC2N. The van der Waals surface area contributed by atoms with E-state index in [4.69, 9.17) is 10.5 Å². The molecule has 2 atom stereocenters. The van der Waals surface area contributed by atoms with Crippen LogP contribution in [0.4, 0.5) is 0 Å². The Hall–Kier alpha value is -1.07. The summed E-state index contributed by atoms with van der Waals surface area (Å²) >= 11 is 0. The summed E-state index contributed by atoms with van der Waals surface area (Å²) in [4.78, 5) is 0.267. The van der Waals surface area contributed by atoms with E-state index in [0.29, 0.717) is 17.7 Å². The van der Waals surface area contributed by atoms with Crippen molar-refractivity contribution in [2.45, 2.75) is 29.5 Å². The van der Waals surface area contributed by atoms with Crippen LogP contribution in [0.15, 0.2) is 23.1 Å². The molecule has 0 aromatic heterocycles. The number of methoxy groups -OCH3 is 1. The fraction of sp³-hybridized carbons (Fsp3) is 0.455. The van der Waals surface area contributed by atoms with Crippen LogP contribution in [0.5, 0.6) is 5.75 Å². The summed E-state index contributed by atoms with van der Waals surface area (Å²) in [6, 6.07) is 4.94. The average Bonchev–Trinajstić information content (AvgIpc) is 2.26. The molecule has 0 fully saturated rings. The number of rotatable bonds is 1. The molecule has 2 rings (SSSR count). The molecule has 5 heteroatoms. The summed E-state index contributed by atoms with van der Waals surface area (Å²) in [5.41, 5.74) is 6.63. The van der Waals surface area contributed by atoms with E-state index in [0.717, 1.165) is 0 Å². The molecule has 0 spiro atoms. The number of sulfone groups is 1. The zero-order valence-corrected chi connectivity index (χ0v) is 10.1. The molecule has 4 nitrogen and oxygen atoms in total. The van der Waals surface area contributed by atoms with Crippen molar-refractivity contribution in [1.29, 1.82) is 0 Å². The molecule has 88 valence electrons. The van der Waals surface area contributed by atoms with Crippen molar-refractivity contribution in [3.63, 3.8) is 0 Å². The van der Waals surface area contributed by atoms with E-state index in [1.807, 2.05) is 0 Å². The molecule has 0 saturated carbocycles. The molecule has 1 aliphatic rings. The Balaban J connectivity index is 2.76. The largest absolute Gasteiger partial charge is 0.495 e. The lowest BCUT2D eigenvalue weighted by atomic mass is 10.0. The number of nitrogens with two attached hydrogens (primary N) is 1. The van der Waals surface area contributed by atoms with Crippen LogP contribution in [0.25, 0.3) is 0 Å². The number of ether oxygens (including phenoxy) is 1. The highest BCUT2D eigenvalue weighted by Crippen LogP contribution is 2.39. The normalized spacial score (nSPS) is 27.2. The quantitative estimate of drug-likeness (QED) is 0.803. The van der Waals surface area contributed by atoms with Gasteiger partial charge in [0.2, 0.25) is 0 Å². The van der Waals surface area contributed by atoms with Crippen molar-refractivity contribution < 1.29 is 13.2 Å². The molecule has 0 aliphatic carbocycles. The first kappa shape index (κ1) is 11.4. The van der Waals surface area contributed by atoms with Gasteiger partial charge in [-0.1, -0.05) is 12.1 Å². The lowest BCUT2D eigenvalue weighted by Gasteiger charge is -2.28. The molecule has 1 heterocycles. The van der Waals surface area contributed by atoms with Crippen molar-refractivity contribution in [2.24, 2.45) is 5.73 Å². The van der Waals surface area contributed by atoms with Crippen molar-refractivity contribution in [1.82, 2.24) is 0 Å². The maximum atomic E-state index is 12.2. The van der Waals surface area contributed by atoms with Crippen molar-refractivity contribution in [3.8, 4) is 5.75 Å². The molecule has 1 aromatic carbocycles. The van der Waals surface area contributed by atoms with Crippen LogP contribution in [0.3, 0.4) is 0 Å². The summed E-state index contributed by atoms with van der Waals surface area (Å²) in [5.74, 6) is 0.388. The molecule has 16 heavy (non-hydrogen) atoms. The summed E-state index contributed by atoms with van der Waals surface area (Å²) in [6.45, 7) is 1.69. The van der Waals surface area contributed by atoms with Gasteiger partial charge < -0.3 is 10.5 Å². The van der Waals surface area contributed by atoms with Gasteiger partial charge in [-0.25, -0.2) is 8.42 Å². The maximum absolute atomic E-state index is 12.2. The van der Waals surface area contributed by atoms with Gasteiger partial charge in [0.15, 0.2) is 9.84 Å². The fourth-order valence-electron chi connectivity index (χ4n) is 2.10. The zero-order valence-electron chi connectivity index (χ0n) is 9.30. The molecule has 2 N–H and O–H groups in total. The highest BCUT2D eigenvalue weighted by atomic mass is 32.2. The van der Waals surface area contributed by atoms with Gasteiger partial charge in [-0.15, -0.1) is 0 Å². The van der Waals surface area contributed by atoms with E-state index in [2.05, 4.69) is 0 Å². The standard InChI is InChI=1S/C11H15NO3S/c1-7-6-9(12)8-4-3-5-10(15-2)11(8)16(7,13)14/h3-5,7,9H,6,12H2,1-2H3. The molecule has 0 bridgehead atoms. The maximum Gasteiger partial charge on any atom is 0.185 e. The van der Waals surface area contributed by atoms with Crippen LogP contribution >= 0.6 is 0 Å². The smallest absolute Gasteiger partial charge is 0.185 e. The van der Waals surface area contributed by atoms with E-state index in [1.165, 1.54) is 7.11 Å². The van der Waals surface area contributed by atoms with E-state index in [9.17, 15) is 8.42 Å². The van der Waals surface area contributed by atoms with Gasteiger partial charge in [0.05, 0.1) is 12.4 Å². The van der Waals surface area contributed by atoms with Crippen molar-refractivity contribution in [2.75, 3.05) is 7.11 Å². The fourth-order valence-corrected chi connectivity index (χ4v) is 3.95. The Bertz CT molecular complexity index is 510. The van der Waals surface area contributed by atoms with Crippen molar-refractivity contribution in [3.05, 3.63) is 23.8 Å². The lowest BCUT2D eigenvalue weighted by Crippen LogP contribution is -2.31. The Labute approximate surface area is 95.3 Å². The summed E-state index contributed by atoms with van der Waals surface area (Å²) in [7, 11) is -1.83. The van der Waals surface area contributed by atoms with Crippen molar-refractivity contribution >= 4 is 9.84 Å². The van der Waals surface area contributed by atoms with Gasteiger partial charge in [-0.3, -0.25) is 0 Å². The molecular weight excluding hydrogens is 226 g/mol. The minimum absolute atomic E-state index is 0.233. The second-order valence-electron chi connectivity index (χ2n) is 4.08. The average molecular weight is 241 g/mol. The third-order valence-electron chi connectivity index (χ3n) is 3.03. The number of benzene rings is 1. The monoisotopic (exact) mass is 241 g/mol. The van der Waals surface area contributed by atoms with Gasteiger partial charge in [0, 0.05) is 6.04 Å². The van der Waals surface area contributed by atoms with Crippen LogP contribution in [0.1, 0.15) is 24.9 Å². The Morgan fingerprint density at radius 1 is 1.44 bits per heavy atom. The summed E-state index contributed by atoms with van der Waals surface area (Å²) < 4.78 is 29.5. The van der Waals surface area contributed by atoms with Gasteiger partial charge in [-0.2, -0.15) is 0 Å². The second kappa shape index (κ2) is 3.75. The van der Waals surface area contributed by atoms with Gasteiger partial charge in [-0.05, 0) is 25.0 Å². The molecule has 1 aliphatic heterocycles. The number of hydrogen-bond donors (Lipinski definition) is 1. The molecule has 0 amide bonds.